The lowest BCUT2D eigenvalue weighted by molar-refractivity contribution is -0.124. The van der Waals surface area contributed by atoms with Crippen LogP contribution in [0.3, 0.4) is 0 Å². The monoisotopic (exact) mass is 429 g/mol. The highest BCUT2D eigenvalue weighted by molar-refractivity contribution is 6.02. The molecule has 0 spiro atoms. The first-order valence-corrected chi connectivity index (χ1v) is 11.9. The molecule has 2 heterocycles. The Hall–Kier alpha value is -2.15. The Balaban J connectivity index is 1.69. The maximum atomic E-state index is 13.7. The summed E-state index contributed by atoms with van der Waals surface area (Å²) in [4.78, 5) is 27.6. The predicted molar refractivity (Wildman–Crippen MR) is 119 cm³/mol. The lowest BCUT2D eigenvalue weighted by Crippen LogP contribution is -2.47. The summed E-state index contributed by atoms with van der Waals surface area (Å²) in [6, 6.07) is -0.0672. The van der Waals surface area contributed by atoms with E-state index in [9.17, 15) is 14.7 Å². The molecule has 0 aromatic carbocycles. The van der Waals surface area contributed by atoms with Gasteiger partial charge >= 0.3 is 5.97 Å². The van der Waals surface area contributed by atoms with Crippen LogP contribution in [0, 0.1) is 17.8 Å². The van der Waals surface area contributed by atoms with Gasteiger partial charge in [0.25, 0.3) is 0 Å². The van der Waals surface area contributed by atoms with Crippen molar-refractivity contribution in [1.82, 2.24) is 9.78 Å². The molecule has 1 aromatic heterocycles. The summed E-state index contributed by atoms with van der Waals surface area (Å²) in [7, 11) is 0. The summed E-state index contributed by atoms with van der Waals surface area (Å²) in [6.45, 7) is 5.63. The summed E-state index contributed by atoms with van der Waals surface area (Å²) in [5, 5.41) is 14.7. The summed E-state index contributed by atoms with van der Waals surface area (Å²) >= 11 is 0. The van der Waals surface area contributed by atoms with Crippen LogP contribution in [0.5, 0.6) is 0 Å². The Kier molecular flexibility index (Phi) is 6.80. The van der Waals surface area contributed by atoms with E-state index in [2.05, 4.69) is 19.9 Å². The molecule has 4 rings (SSSR count). The molecule has 170 valence electrons. The molecule has 1 atom stereocenters. The van der Waals surface area contributed by atoms with Crippen molar-refractivity contribution in [2.45, 2.75) is 77.7 Å². The van der Waals surface area contributed by atoms with Crippen molar-refractivity contribution < 1.29 is 19.4 Å². The standard InChI is InChI=1S/C24H35N3O4/c1-16-3-7-18(8-4-16)23(28)27(20-11-13-31-14-12-20)22-21(24(29)30)15-26(25-22)19-9-5-17(2)6-10-19/h9,15-18,20H,3-8,10-14H2,1-2H3,(H,29,30)/t16-,17?,18-. The molecule has 31 heavy (non-hydrogen) atoms. The van der Waals surface area contributed by atoms with Crippen LogP contribution in [0.2, 0.25) is 0 Å². The average Bonchev–Trinajstić information content (AvgIpc) is 3.21. The summed E-state index contributed by atoms with van der Waals surface area (Å²) in [5.41, 5.74) is 1.14. The van der Waals surface area contributed by atoms with Crippen LogP contribution in [-0.2, 0) is 9.53 Å². The normalized spacial score (nSPS) is 27.5. The molecular weight excluding hydrogens is 394 g/mol. The van der Waals surface area contributed by atoms with Gasteiger partial charge in [0.05, 0.1) is 0 Å². The van der Waals surface area contributed by atoms with Crippen LogP contribution >= 0.6 is 0 Å². The molecule has 1 amide bonds. The highest BCUT2D eigenvalue weighted by Gasteiger charge is 2.37. The Morgan fingerprint density at radius 1 is 1.06 bits per heavy atom. The zero-order valence-electron chi connectivity index (χ0n) is 18.8. The van der Waals surface area contributed by atoms with Gasteiger partial charge in [0.2, 0.25) is 5.91 Å². The molecular formula is C24H35N3O4. The second-order valence-electron chi connectivity index (χ2n) is 9.70. The highest BCUT2D eigenvalue weighted by Crippen LogP contribution is 2.35. The molecule has 1 N–H and O–H groups in total. The third-order valence-electron chi connectivity index (χ3n) is 7.26. The van der Waals surface area contributed by atoms with E-state index in [-0.39, 0.29) is 23.4 Å². The molecule has 1 aromatic rings. The van der Waals surface area contributed by atoms with Gasteiger partial charge in [0.15, 0.2) is 5.82 Å². The smallest absolute Gasteiger partial charge is 0.341 e. The molecule has 1 aliphatic heterocycles. The van der Waals surface area contributed by atoms with E-state index in [1.54, 1.807) is 15.8 Å². The number of hydrogen-bond donors (Lipinski definition) is 1. The molecule has 2 aliphatic carbocycles. The van der Waals surface area contributed by atoms with Gasteiger partial charge in [-0.15, -0.1) is 5.10 Å². The maximum absolute atomic E-state index is 13.7. The molecule has 3 aliphatic rings. The molecule has 7 heteroatoms. The number of hydrogen-bond acceptors (Lipinski definition) is 4. The van der Waals surface area contributed by atoms with Crippen LogP contribution in [0.1, 0.15) is 82.0 Å². The topological polar surface area (TPSA) is 84.7 Å². The fourth-order valence-corrected chi connectivity index (χ4v) is 5.10. The van der Waals surface area contributed by atoms with E-state index in [0.717, 1.165) is 50.6 Å². The first kappa shape index (κ1) is 22.1. The summed E-state index contributed by atoms with van der Waals surface area (Å²) in [5.74, 6) is 0.538. The Labute approximate surface area is 184 Å². The fourth-order valence-electron chi connectivity index (χ4n) is 5.10. The van der Waals surface area contributed by atoms with Gasteiger partial charge in [0.1, 0.15) is 5.56 Å². The van der Waals surface area contributed by atoms with Crippen LogP contribution < -0.4 is 4.90 Å². The number of carbonyl (C=O) groups excluding carboxylic acids is 1. The number of amides is 1. The van der Waals surface area contributed by atoms with E-state index in [4.69, 9.17) is 9.84 Å². The molecule has 0 radical (unpaired) electrons. The highest BCUT2D eigenvalue weighted by atomic mass is 16.5. The molecule has 0 bridgehead atoms. The van der Waals surface area contributed by atoms with Gasteiger partial charge in [-0.3, -0.25) is 9.69 Å². The van der Waals surface area contributed by atoms with Crippen molar-refractivity contribution in [3.8, 4) is 0 Å². The van der Waals surface area contributed by atoms with Crippen LogP contribution in [0.15, 0.2) is 12.3 Å². The number of carbonyl (C=O) groups is 2. The SMILES string of the molecule is CC1CC=C(n2cc(C(=O)O)c(N(C(=O)[C@H]3CC[C@H](C)CC3)C3CCOCC3)n2)CC1. The molecule has 1 saturated carbocycles. The number of carboxylic acids is 1. The largest absolute Gasteiger partial charge is 0.477 e. The van der Waals surface area contributed by atoms with Crippen molar-refractivity contribution in [3.63, 3.8) is 0 Å². The molecule has 7 nitrogen and oxygen atoms in total. The van der Waals surface area contributed by atoms with Gasteiger partial charge in [-0.2, -0.15) is 0 Å². The van der Waals surface area contributed by atoms with Crippen molar-refractivity contribution in [1.29, 1.82) is 0 Å². The number of anilines is 1. The van der Waals surface area contributed by atoms with Gasteiger partial charge in [-0.25, -0.2) is 9.48 Å². The second kappa shape index (κ2) is 9.55. The van der Waals surface area contributed by atoms with Gasteiger partial charge < -0.3 is 9.84 Å². The number of aromatic carboxylic acids is 1. The third kappa shape index (κ3) is 4.86. The number of allylic oxidation sites excluding steroid dienone is 2. The summed E-state index contributed by atoms with van der Waals surface area (Å²) < 4.78 is 7.23. The van der Waals surface area contributed by atoms with E-state index >= 15 is 0 Å². The fraction of sp³-hybridized carbons (Fsp3) is 0.708. The second-order valence-corrected chi connectivity index (χ2v) is 9.70. The van der Waals surface area contributed by atoms with E-state index in [1.807, 2.05) is 0 Å². The zero-order chi connectivity index (χ0) is 22.0. The van der Waals surface area contributed by atoms with Crippen LogP contribution in [0.25, 0.3) is 5.70 Å². The quantitative estimate of drug-likeness (QED) is 0.740. The maximum Gasteiger partial charge on any atom is 0.341 e. The van der Waals surface area contributed by atoms with Crippen molar-refractivity contribution >= 4 is 23.4 Å². The first-order valence-electron chi connectivity index (χ1n) is 11.9. The average molecular weight is 430 g/mol. The van der Waals surface area contributed by atoms with Gasteiger partial charge in [-0.05, 0) is 69.6 Å². The van der Waals surface area contributed by atoms with E-state index < -0.39 is 5.97 Å². The minimum atomic E-state index is -1.03. The number of ether oxygens (including phenoxy) is 1. The predicted octanol–water partition coefficient (Wildman–Crippen LogP) is 4.58. The van der Waals surface area contributed by atoms with E-state index in [0.29, 0.717) is 43.7 Å². The Morgan fingerprint density at radius 2 is 1.77 bits per heavy atom. The Morgan fingerprint density at radius 3 is 2.39 bits per heavy atom. The zero-order valence-corrected chi connectivity index (χ0v) is 18.8. The van der Waals surface area contributed by atoms with E-state index in [1.165, 1.54) is 0 Å². The Bertz CT molecular complexity index is 832. The number of nitrogens with zero attached hydrogens (tertiary/aromatic N) is 3. The molecule has 2 fully saturated rings. The van der Waals surface area contributed by atoms with Gasteiger partial charge in [-0.1, -0.05) is 19.9 Å². The van der Waals surface area contributed by atoms with Crippen molar-refractivity contribution in [3.05, 3.63) is 17.8 Å². The molecule has 1 unspecified atom stereocenters. The third-order valence-corrected chi connectivity index (χ3v) is 7.26. The number of carboxylic acid groups (broad SMARTS) is 1. The summed E-state index contributed by atoms with van der Waals surface area (Å²) in [6.07, 6.45) is 11.9. The minimum Gasteiger partial charge on any atom is -0.477 e. The minimum absolute atomic E-state index is 0.0396. The number of aromatic nitrogens is 2. The van der Waals surface area contributed by atoms with Crippen LogP contribution in [-0.4, -0.2) is 46.0 Å². The molecule has 1 saturated heterocycles. The van der Waals surface area contributed by atoms with Crippen molar-refractivity contribution in [2.75, 3.05) is 18.1 Å². The lowest BCUT2D eigenvalue weighted by Gasteiger charge is -2.37. The van der Waals surface area contributed by atoms with Gasteiger partial charge in [0, 0.05) is 37.1 Å². The van der Waals surface area contributed by atoms with Crippen LogP contribution in [0.4, 0.5) is 5.82 Å². The number of rotatable bonds is 5. The van der Waals surface area contributed by atoms with Crippen molar-refractivity contribution in [2.24, 2.45) is 17.8 Å². The lowest BCUT2D eigenvalue weighted by atomic mass is 9.82. The first-order chi connectivity index (χ1) is 14.9.